The van der Waals surface area contributed by atoms with E-state index in [-0.39, 0.29) is 23.1 Å². The van der Waals surface area contributed by atoms with Crippen LogP contribution in [-0.4, -0.2) is 53.7 Å². The molecular weight excluding hydrogens is 464 g/mol. The number of carboxylic acid groups (broad SMARTS) is 1. The van der Waals surface area contributed by atoms with Crippen LogP contribution in [0, 0.1) is 5.41 Å². The third kappa shape index (κ3) is 6.36. The van der Waals surface area contributed by atoms with E-state index in [9.17, 15) is 23.1 Å². The highest BCUT2D eigenvalue weighted by Gasteiger charge is 2.43. The van der Waals surface area contributed by atoms with Gasteiger partial charge in [0.2, 0.25) is 0 Å². The van der Waals surface area contributed by atoms with Gasteiger partial charge in [0.25, 0.3) is 0 Å². The topological polar surface area (TPSA) is 76.6 Å². The molecule has 0 radical (unpaired) electrons. The second-order valence-electron chi connectivity index (χ2n) is 9.90. The maximum atomic E-state index is 15.6. The van der Waals surface area contributed by atoms with E-state index in [4.69, 9.17) is 11.6 Å². The molecule has 33 heavy (non-hydrogen) atoms. The molecule has 1 aromatic carbocycles. The number of nitrogens with one attached hydrogen (secondary N) is 3. The lowest BCUT2D eigenvalue weighted by Gasteiger charge is -2.43. The summed E-state index contributed by atoms with van der Waals surface area (Å²) >= 11 is 6.22. The summed E-state index contributed by atoms with van der Waals surface area (Å²) in [6.45, 7) is 6.53. The lowest BCUT2D eigenvalue weighted by molar-refractivity contribution is -0.141. The van der Waals surface area contributed by atoms with E-state index in [0.29, 0.717) is 24.9 Å². The highest BCUT2D eigenvalue weighted by atomic mass is 35.5. The van der Waals surface area contributed by atoms with Crippen LogP contribution in [0.1, 0.15) is 57.2 Å². The van der Waals surface area contributed by atoms with E-state index in [0.717, 1.165) is 18.6 Å². The van der Waals surface area contributed by atoms with Crippen LogP contribution in [0.3, 0.4) is 0 Å². The lowest BCUT2D eigenvalue weighted by atomic mass is 9.88. The Morgan fingerprint density at radius 1 is 1.30 bits per heavy atom. The average molecular weight is 495 g/mol. The summed E-state index contributed by atoms with van der Waals surface area (Å²) in [5.41, 5.74) is -0.574. The van der Waals surface area contributed by atoms with Gasteiger partial charge in [0.15, 0.2) is 6.17 Å². The summed E-state index contributed by atoms with van der Waals surface area (Å²) < 4.78 is 54.7. The molecule has 6 nitrogen and oxygen atoms in total. The Kier molecular flexibility index (Phi) is 7.95. The van der Waals surface area contributed by atoms with E-state index in [1.165, 1.54) is 6.07 Å². The Hall–Kier alpha value is -1.46. The van der Waals surface area contributed by atoms with Gasteiger partial charge in [0.05, 0.1) is 17.9 Å². The van der Waals surface area contributed by atoms with Crippen LogP contribution in [-0.2, 0) is 11.0 Å². The van der Waals surface area contributed by atoms with Crippen LogP contribution >= 0.6 is 11.6 Å². The molecule has 4 unspecified atom stereocenters. The number of benzene rings is 1. The standard InChI is InChI=1S/C22H31ClF4N4O2/c1-21(2,3)10-15(20(32)33)30-18-17(24)19(29-11-28-18)31-8-4-5-16(31)13-7-6-12(9-14(13)23)22(25,26)27/h6-7,9,15-19,28-30H,4-5,8,10-11H2,1-3H3,(H,32,33)/t15-,16?,17?,18?,19?/m1/s1. The van der Waals surface area contributed by atoms with Gasteiger partial charge in [-0.3, -0.25) is 25.6 Å². The van der Waals surface area contributed by atoms with Gasteiger partial charge < -0.3 is 5.11 Å². The van der Waals surface area contributed by atoms with Gasteiger partial charge in [-0.15, -0.1) is 0 Å². The smallest absolute Gasteiger partial charge is 0.416 e. The van der Waals surface area contributed by atoms with E-state index >= 15 is 4.39 Å². The molecule has 2 aliphatic heterocycles. The highest BCUT2D eigenvalue weighted by Crippen LogP contribution is 2.40. The molecule has 5 atom stereocenters. The van der Waals surface area contributed by atoms with Gasteiger partial charge >= 0.3 is 12.1 Å². The van der Waals surface area contributed by atoms with Crippen molar-refractivity contribution < 1.29 is 27.5 Å². The van der Waals surface area contributed by atoms with Gasteiger partial charge in [0, 0.05) is 24.3 Å². The van der Waals surface area contributed by atoms with E-state index in [1.54, 1.807) is 0 Å². The first-order valence-electron chi connectivity index (χ1n) is 11.0. The quantitative estimate of drug-likeness (QED) is 0.446. The molecule has 0 amide bonds. The van der Waals surface area contributed by atoms with Crippen molar-refractivity contribution in [2.75, 3.05) is 13.2 Å². The number of rotatable bonds is 6. The van der Waals surface area contributed by atoms with Gasteiger partial charge in [-0.2, -0.15) is 13.2 Å². The number of aliphatic carboxylic acids is 1. The third-order valence-electron chi connectivity index (χ3n) is 6.09. The van der Waals surface area contributed by atoms with Crippen LogP contribution in [0.15, 0.2) is 18.2 Å². The largest absolute Gasteiger partial charge is 0.480 e. The molecule has 1 aromatic rings. The molecule has 4 N–H and O–H groups in total. The number of nitrogens with zero attached hydrogens (tertiary/aromatic N) is 1. The Morgan fingerprint density at radius 2 is 2.00 bits per heavy atom. The molecule has 2 aliphatic rings. The number of likely N-dealkylation sites (tertiary alicyclic amines) is 1. The normalized spacial score (nSPS) is 28.1. The second kappa shape index (κ2) is 10.0. The van der Waals surface area contributed by atoms with E-state index in [1.807, 2.05) is 25.7 Å². The Balaban J connectivity index is 1.77. The Morgan fingerprint density at radius 3 is 2.58 bits per heavy atom. The lowest BCUT2D eigenvalue weighted by Crippen LogP contribution is -2.69. The van der Waals surface area contributed by atoms with Crippen LogP contribution in [0.5, 0.6) is 0 Å². The van der Waals surface area contributed by atoms with Crippen LogP contribution < -0.4 is 16.0 Å². The van der Waals surface area contributed by atoms with Crippen LogP contribution in [0.2, 0.25) is 5.02 Å². The minimum Gasteiger partial charge on any atom is -0.480 e. The predicted octanol–water partition coefficient (Wildman–Crippen LogP) is 4.12. The van der Waals surface area contributed by atoms with Crippen molar-refractivity contribution in [3.63, 3.8) is 0 Å². The fraction of sp³-hybridized carbons (Fsp3) is 0.682. The maximum Gasteiger partial charge on any atom is 0.416 e. The Labute approximate surface area is 196 Å². The molecule has 0 spiro atoms. The number of alkyl halides is 4. The van der Waals surface area contributed by atoms with Crippen molar-refractivity contribution >= 4 is 17.6 Å². The zero-order valence-corrected chi connectivity index (χ0v) is 19.6. The first-order valence-corrected chi connectivity index (χ1v) is 11.4. The van der Waals surface area contributed by atoms with Crippen molar-refractivity contribution in [3.8, 4) is 0 Å². The fourth-order valence-corrected chi connectivity index (χ4v) is 4.91. The summed E-state index contributed by atoms with van der Waals surface area (Å²) in [5.74, 6) is -1.05. The highest BCUT2D eigenvalue weighted by molar-refractivity contribution is 6.31. The van der Waals surface area contributed by atoms with Crippen molar-refractivity contribution in [1.29, 1.82) is 0 Å². The summed E-state index contributed by atoms with van der Waals surface area (Å²) in [7, 11) is 0. The first kappa shape index (κ1) is 26.2. The Bertz CT molecular complexity index is 849. The number of carbonyl (C=O) groups is 1. The fourth-order valence-electron chi connectivity index (χ4n) is 4.61. The zero-order chi connectivity index (χ0) is 24.6. The SMILES string of the molecule is CC(C)(C)C[C@@H](NC1NCNC(N2CCCC2c2ccc(C(F)(F)F)cc2Cl)C1F)C(=O)O. The third-order valence-corrected chi connectivity index (χ3v) is 6.41. The van der Waals surface area contributed by atoms with Crippen molar-refractivity contribution in [1.82, 2.24) is 20.9 Å². The molecule has 0 aromatic heterocycles. The molecule has 0 aliphatic carbocycles. The monoisotopic (exact) mass is 494 g/mol. The number of halogens is 5. The number of carboxylic acids is 1. The minimum atomic E-state index is -4.50. The van der Waals surface area contributed by atoms with Gasteiger partial charge in [-0.05, 0) is 42.4 Å². The molecule has 11 heteroatoms. The molecular formula is C22H31ClF4N4O2. The zero-order valence-electron chi connectivity index (χ0n) is 18.8. The molecule has 0 bridgehead atoms. The summed E-state index contributed by atoms with van der Waals surface area (Å²) in [6.07, 6.45) is -5.97. The van der Waals surface area contributed by atoms with Gasteiger partial charge in [-0.25, -0.2) is 4.39 Å². The van der Waals surface area contributed by atoms with E-state index < -0.39 is 42.3 Å². The molecule has 2 heterocycles. The number of hydrogen-bond donors (Lipinski definition) is 4. The summed E-state index contributed by atoms with van der Waals surface area (Å²) in [5, 5.41) is 18.5. The summed E-state index contributed by atoms with van der Waals surface area (Å²) in [4.78, 5) is 13.6. The van der Waals surface area contributed by atoms with Crippen molar-refractivity contribution in [2.24, 2.45) is 5.41 Å². The maximum absolute atomic E-state index is 15.6. The summed E-state index contributed by atoms with van der Waals surface area (Å²) in [6, 6.07) is 1.98. The minimum absolute atomic E-state index is 0.00291. The number of hydrogen-bond acceptors (Lipinski definition) is 5. The molecule has 0 saturated carbocycles. The second-order valence-corrected chi connectivity index (χ2v) is 10.3. The van der Waals surface area contributed by atoms with Crippen molar-refractivity contribution in [3.05, 3.63) is 34.3 Å². The first-order chi connectivity index (χ1) is 15.3. The van der Waals surface area contributed by atoms with Gasteiger partial charge in [0.1, 0.15) is 6.04 Å². The van der Waals surface area contributed by atoms with Crippen LogP contribution in [0.4, 0.5) is 17.6 Å². The van der Waals surface area contributed by atoms with Gasteiger partial charge in [-0.1, -0.05) is 38.4 Å². The van der Waals surface area contributed by atoms with E-state index in [2.05, 4.69) is 16.0 Å². The average Bonchev–Trinajstić information content (AvgIpc) is 3.16. The molecule has 2 fully saturated rings. The molecule has 3 rings (SSSR count). The molecule has 186 valence electrons. The van der Waals surface area contributed by atoms with Crippen LogP contribution in [0.25, 0.3) is 0 Å². The predicted molar refractivity (Wildman–Crippen MR) is 117 cm³/mol. The van der Waals surface area contributed by atoms with Crippen molar-refractivity contribution in [2.45, 2.75) is 76.8 Å². The molecule has 2 saturated heterocycles.